The van der Waals surface area contributed by atoms with Gasteiger partial charge < -0.3 is 9.80 Å². The minimum absolute atomic E-state index is 0.184. The molecule has 1 saturated heterocycles. The molecule has 0 saturated carbocycles. The molecule has 0 N–H and O–H groups in total. The lowest BCUT2D eigenvalue weighted by Crippen LogP contribution is -2.48. The van der Waals surface area contributed by atoms with Crippen LogP contribution >= 0.6 is 0 Å². The summed E-state index contributed by atoms with van der Waals surface area (Å²) in [5.74, 6) is 0.531. The highest BCUT2D eigenvalue weighted by Crippen LogP contribution is 2.33. The third-order valence-corrected chi connectivity index (χ3v) is 5.92. The van der Waals surface area contributed by atoms with Crippen LogP contribution in [0.1, 0.15) is 30.5 Å². The Hall–Kier alpha value is -3.22. The van der Waals surface area contributed by atoms with Crippen LogP contribution in [-0.2, 0) is 9.59 Å². The molecule has 4 rings (SSSR count). The first-order valence-corrected chi connectivity index (χ1v) is 10.8. The molecule has 0 radical (unpaired) electrons. The molecule has 1 fully saturated rings. The van der Waals surface area contributed by atoms with E-state index in [1.54, 1.807) is 18.5 Å². The van der Waals surface area contributed by atoms with E-state index in [1.165, 1.54) is 4.90 Å². The highest BCUT2D eigenvalue weighted by Gasteiger charge is 2.42. The van der Waals surface area contributed by atoms with Gasteiger partial charge in [0.1, 0.15) is 5.70 Å². The highest BCUT2D eigenvalue weighted by molar-refractivity contribution is 6.35. The Kier molecular flexibility index (Phi) is 5.76. The quantitative estimate of drug-likeness (QED) is 0.694. The predicted molar refractivity (Wildman–Crippen MR) is 120 cm³/mol. The lowest BCUT2D eigenvalue weighted by Gasteiger charge is -2.36. The standard InChI is InChI=1S/C24H29N5O2/c1-16(2)15-29-22(30)20(19-7-6-17(3)18(4)14-19)21(23(29)31)27-10-12-28(13-11-27)24-25-8-5-9-26-24/h5-9,14,16H,10-13,15H2,1-4H3. The molecule has 0 spiro atoms. The van der Waals surface area contributed by atoms with Crippen LogP contribution in [0.5, 0.6) is 0 Å². The van der Waals surface area contributed by atoms with Crippen molar-refractivity contribution in [1.82, 2.24) is 19.8 Å². The zero-order valence-electron chi connectivity index (χ0n) is 18.6. The third-order valence-electron chi connectivity index (χ3n) is 5.92. The van der Waals surface area contributed by atoms with Gasteiger partial charge in [0.15, 0.2) is 0 Å². The molecular formula is C24H29N5O2. The van der Waals surface area contributed by atoms with Gasteiger partial charge in [-0.25, -0.2) is 9.97 Å². The lowest BCUT2D eigenvalue weighted by molar-refractivity contribution is -0.138. The smallest absolute Gasteiger partial charge is 0.277 e. The molecule has 2 aromatic rings. The minimum Gasteiger partial charge on any atom is -0.363 e. The van der Waals surface area contributed by atoms with Gasteiger partial charge in [-0.15, -0.1) is 0 Å². The van der Waals surface area contributed by atoms with E-state index in [1.807, 2.05) is 45.9 Å². The second kappa shape index (κ2) is 8.49. The van der Waals surface area contributed by atoms with Crippen LogP contribution < -0.4 is 4.90 Å². The number of benzene rings is 1. The number of amides is 2. The van der Waals surface area contributed by atoms with Crippen molar-refractivity contribution in [3.05, 3.63) is 59.0 Å². The Balaban J connectivity index is 1.67. The number of imide groups is 1. The van der Waals surface area contributed by atoms with Gasteiger partial charge in [-0.3, -0.25) is 14.5 Å². The Morgan fingerprint density at radius 3 is 2.16 bits per heavy atom. The fourth-order valence-corrected chi connectivity index (χ4v) is 4.13. The van der Waals surface area contributed by atoms with Crippen molar-refractivity contribution in [2.45, 2.75) is 27.7 Å². The number of nitrogens with zero attached hydrogens (tertiary/aromatic N) is 5. The summed E-state index contributed by atoms with van der Waals surface area (Å²) in [4.78, 5) is 41.0. The van der Waals surface area contributed by atoms with Crippen molar-refractivity contribution >= 4 is 23.3 Å². The fraction of sp³-hybridized carbons (Fsp3) is 0.417. The van der Waals surface area contributed by atoms with E-state index in [0.717, 1.165) is 16.7 Å². The third kappa shape index (κ3) is 4.04. The minimum atomic E-state index is -0.189. The summed E-state index contributed by atoms with van der Waals surface area (Å²) < 4.78 is 0. The molecule has 31 heavy (non-hydrogen) atoms. The Bertz CT molecular complexity index is 1020. The molecule has 0 atom stereocenters. The second-order valence-corrected chi connectivity index (χ2v) is 8.66. The van der Waals surface area contributed by atoms with E-state index in [0.29, 0.717) is 49.9 Å². The molecule has 1 aromatic heterocycles. The van der Waals surface area contributed by atoms with E-state index in [4.69, 9.17) is 0 Å². The second-order valence-electron chi connectivity index (χ2n) is 8.66. The zero-order chi connectivity index (χ0) is 22.1. The number of anilines is 1. The number of aromatic nitrogens is 2. The fourth-order valence-electron chi connectivity index (χ4n) is 4.13. The lowest BCUT2D eigenvalue weighted by atomic mass is 9.99. The average molecular weight is 420 g/mol. The van der Waals surface area contributed by atoms with Gasteiger partial charge in [0.25, 0.3) is 11.8 Å². The van der Waals surface area contributed by atoms with Gasteiger partial charge in [-0.1, -0.05) is 32.0 Å². The molecule has 7 nitrogen and oxygen atoms in total. The molecule has 1 aromatic carbocycles. The number of carbonyl (C=O) groups is 2. The maximum atomic E-state index is 13.4. The molecular weight excluding hydrogens is 390 g/mol. The zero-order valence-corrected chi connectivity index (χ0v) is 18.6. The average Bonchev–Trinajstić information content (AvgIpc) is 3.01. The van der Waals surface area contributed by atoms with Gasteiger partial charge in [0.05, 0.1) is 5.57 Å². The number of piperazine rings is 1. The molecule has 0 unspecified atom stereocenters. The maximum absolute atomic E-state index is 13.4. The maximum Gasteiger partial charge on any atom is 0.277 e. The molecule has 2 aliphatic rings. The first-order chi connectivity index (χ1) is 14.9. The van der Waals surface area contributed by atoms with Crippen LogP contribution in [0.3, 0.4) is 0 Å². The van der Waals surface area contributed by atoms with Crippen LogP contribution in [0.25, 0.3) is 5.57 Å². The highest BCUT2D eigenvalue weighted by atomic mass is 16.2. The van der Waals surface area contributed by atoms with E-state index in [2.05, 4.69) is 19.8 Å². The van der Waals surface area contributed by atoms with Crippen molar-refractivity contribution in [3.63, 3.8) is 0 Å². The summed E-state index contributed by atoms with van der Waals surface area (Å²) in [7, 11) is 0. The Morgan fingerprint density at radius 1 is 0.903 bits per heavy atom. The summed E-state index contributed by atoms with van der Waals surface area (Å²) in [6, 6.07) is 7.79. The molecule has 162 valence electrons. The van der Waals surface area contributed by atoms with Crippen LogP contribution in [0.4, 0.5) is 5.95 Å². The van der Waals surface area contributed by atoms with Gasteiger partial charge in [0.2, 0.25) is 5.95 Å². The van der Waals surface area contributed by atoms with Gasteiger partial charge in [-0.2, -0.15) is 0 Å². The van der Waals surface area contributed by atoms with Crippen molar-refractivity contribution < 1.29 is 9.59 Å². The molecule has 7 heteroatoms. The number of aryl methyl sites for hydroxylation is 2. The van der Waals surface area contributed by atoms with Gasteiger partial charge >= 0.3 is 0 Å². The summed E-state index contributed by atoms with van der Waals surface area (Å²) in [6.45, 7) is 11.2. The summed E-state index contributed by atoms with van der Waals surface area (Å²) in [6.07, 6.45) is 3.47. The molecule has 2 aliphatic heterocycles. The Labute approximate surface area is 183 Å². The topological polar surface area (TPSA) is 69.6 Å². The normalized spacial score (nSPS) is 17.4. The first-order valence-electron chi connectivity index (χ1n) is 10.8. The Morgan fingerprint density at radius 2 is 1.55 bits per heavy atom. The summed E-state index contributed by atoms with van der Waals surface area (Å²) in [5, 5.41) is 0. The van der Waals surface area contributed by atoms with Crippen LogP contribution in [-0.4, -0.2) is 64.3 Å². The van der Waals surface area contributed by atoms with E-state index >= 15 is 0 Å². The largest absolute Gasteiger partial charge is 0.363 e. The van der Waals surface area contributed by atoms with Crippen molar-refractivity contribution in [1.29, 1.82) is 0 Å². The van der Waals surface area contributed by atoms with E-state index in [-0.39, 0.29) is 17.7 Å². The SMILES string of the molecule is Cc1ccc(C2=C(N3CCN(c4ncccn4)CC3)C(=O)N(CC(C)C)C2=O)cc1C. The molecule has 0 bridgehead atoms. The monoisotopic (exact) mass is 419 g/mol. The van der Waals surface area contributed by atoms with Gasteiger partial charge in [-0.05, 0) is 42.5 Å². The van der Waals surface area contributed by atoms with Crippen molar-refractivity contribution in [2.75, 3.05) is 37.6 Å². The van der Waals surface area contributed by atoms with E-state index in [9.17, 15) is 9.59 Å². The van der Waals surface area contributed by atoms with Crippen LogP contribution in [0, 0.1) is 19.8 Å². The number of carbonyl (C=O) groups excluding carboxylic acids is 2. The summed E-state index contributed by atoms with van der Waals surface area (Å²) in [5.41, 5.74) is 4.15. The first kappa shape index (κ1) is 21.0. The molecule has 2 amide bonds. The molecule has 3 heterocycles. The summed E-state index contributed by atoms with van der Waals surface area (Å²) >= 11 is 0. The number of hydrogen-bond acceptors (Lipinski definition) is 6. The van der Waals surface area contributed by atoms with Gasteiger partial charge in [0, 0.05) is 45.1 Å². The number of rotatable bonds is 5. The van der Waals surface area contributed by atoms with Crippen LogP contribution in [0.2, 0.25) is 0 Å². The van der Waals surface area contributed by atoms with E-state index < -0.39 is 0 Å². The molecule has 0 aliphatic carbocycles. The van der Waals surface area contributed by atoms with Crippen molar-refractivity contribution in [3.8, 4) is 0 Å². The number of hydrogen-bond donors (Lipinski definition) is 0. The van der Waals surface area contributed by atoms with Crippen LogP contribution in [0.15, 0.2) is 42.4 Å². The predicted octanol–water partition coefficient (Wildman–Crippen LogP) is 2.65. The van der Waals surface area contributed by atoms with Crippen molar-refractivity contribution in [2.24, 2.45) is 5.92 Å².